The van der Waals surface area contributed by atoms with E-state index in [1.54, 1.807) is 24.3 Å². The summed E-state index contributed by atoms with van der Waals surface area (Å²) in [6.45, 7) is -0.339. The highest BCUT2D eigenvalue weighted by molar-refractivity contribution is 6.14. The first-order valence-electron chi connectivity index (χ1n) is 10.2. The van der Waals surface area contributed by atoms with Gasteiger partial charge in [-0.05, 0) is 42.3 Å². The van der Waals surface area contributed by atoms with Crippen molar-refractivity contribution >= 4 is 29.6 Å². The van der Waals surface area contributed by atoms with E-state index < -0.39 is 30.4 Å². The summed E-state index contributed by atoms with van der Waals surface area (Å²) in [5.74, 6) is -1.15. The van der Waals surface area contributed by atoms with Crippen molar-refractivity contribution in [3.8, 4) is 23.0 Å². The van der Waals surface area contributed by atoms with Crippen LogP contribution in [0.15, 0.2) is 42.2 Å². The first-order chi connectivity index (χ1) is 16.3. The first-order valence-corrected chi connectivity index (χ1v) is 10.2. The zero-order chi connectivity index (χ0) is 24.2. The quantitative estimate of drug-likeness (QED) is 0.459. The number of Topliss-reactive ketones (excluding diaryl/α,β-unsaturated/α-hetero) is 1. The van der Waals surface area contributed by atoms with Crippen LogP contribution in [-0.4, -0.2) is 48.1 Å². The molecule has 4 rings (SSSR count). The third-order valence-electron chi connectivity index (χ3n) is 5.02. The fraction of sp³-hybridized carbons (Fsp3) is 0.217. The molecule has 2 aromatic rings. The Morgan fingerprint density at radius 3 is 2.68 bits per heavy atom. The van der Waals surface area contributed by atoms with E-state index in [1.165, 1.54) is 18.2 Å². The number of rotatable bonds is 9. The standard InChI is InChI=1S/C23H20N2O9/c24-20(26)6-4-15(23(29)30)25-21(27)10-31-13-2-3-14-17(9-13)34-19(22(14)28)8-12-1-5-16-18(7-12)33-11-32-16/h1-3,5,7-9,15H,4,6,10-11H2,(H2,24,26)(H,25,27)(H,29,30). The molecule has 176 valence electrons. The van der Waals surface area contributed by atoms with Crippen molar-refractivity contribution in [2.45, 2.75) is 18.9 Å². The van der Waals surface area contributed by atoms with E-state index >= 15 is 0 Å². The molecule has 0 saturated carbocycles. The number of primary amides is 1. The summed E-state index contributed by atoms with van der Waals surface area (Å²) in [6, 6.07) is 8.44. The van der Waals surface area contributed by atoms with Crippen molar-refractivity contribution in [1.29, 1.82) is 0 Å². The van der Waals surface area contributed by atoms with E-state index in [0.29, 0.717) is 22.6 Å². The lowest BCUT2D eigenvalue weighted by molar-refractivity contribution is -0.142. The van der Waals surface area contributed by atoms with E-state index in [0.717, 1.165) is 0 Å². The van der Waals surface area contributed by atoms with E-state index in [1.807, 2.05) is 0 Å². The van der Waals surface area contributed by atoms with Gasteiger partial charge in [0.25, 0.3) is 5.91 Å². The Balaban J connectivity index is 1.38. The van der Waals surface area contributed by atoms with Gasteiger partial charge in [-0.2, -0.15) is 0 Å². The Labute approximate surface area is 193 Å². The highest BCUT2D eigenvalue weighted by atomic mass is 16.7. The number of carbonyl (C=O) groups excluding carboxylic acids is 3. The van der Waals surface area contributed by atoms with Gasteiger partial charge < -0.3 is 35.1 Å². The number of amides is 2. The number of benzene rings is 2. The summed E-state index contributed by atoms with van der Waals surface area (Å²) >= 11 is 0. The molecule has 2 aliphatic heterocycles. The van der Waals surface area contributed by atoms with E-state index in [4.69, 9.17) is 29.8 Å². The molecule has 4 N–H and O–H groups in total. The highest BCUT2D eigenvalue weighted by Crippen LogP contribution is 2.37. The van der Waals surface area contributed by atoms with Gasteiger partial charge >= 0.3 is 5.97 Å². The average Bonchev–Trinajstić information content (AvgIpc) is 3.38. The van der Waals surface area contributed by atoms with Crippen molar-refractivity contribution in [3.05, 3.63) is 53.3 Å². The number of aliphatic carboxylic acids is 1. The van der Waals surface area contributed by atoms with E-state index in [-0.39, 0.29) is 42.7 Å². The number of hydrogen-bond donors (Lipinski definition) is 3. The third-order valence-corrected chi connectivity index (χ3v) is 5.02. The van der Waals surface area contributed by atoms with Crippen LogP contribution in [0.3, 0.4) is 0 Å². The fourth-order valence-corrected chi connectivity index (χ4v) is 3.34. The number of ether oxygens (including phenoxy) is 4. The maximum absolute atomic E-state index is 12.7. The second-order valence-corrected chi connectivity index (χ2v) is 7.46. The molecule has 0 aliphatic carbocycles. The molecule has 34 heavy (non-hydrogen) atoms. The van der Waals surface area contributed by atoms with Crippen LogP contribution in [0.5, 0.6) is 23.0 Å². The lowest BCUT2D eigenvalue weighted by Gasteiger charge is -2.14. The lowest BCUT2D eigenvalue weighted by atomic mass is 10.1. The monoisotopic (exact) mass is 468 g/mol. The summed E-state index contributed by atoms with van der Waals surface area (Å²) in [7, 11) is 0. The first kappa shape index (κ1) is 22.6. The summed E-state index contributed by atoms with van der Waals surface area (Å²) in [4.78, 5) is 46.8. The summed E-state index contributed by atoms with van der Waals surface area (Å²) in [5, 5.41) is 11.4. The molecule has 2 amide bonds. The number of nitrogens with two attached hydrogens (primary N) is 1. The zero-order valence-electron chi connectivity index (χ0n) is 17.7. The van der Waals surface area contributed by atoms with Crippen molar-refractivity contribution in [1.82, 2.24) is 5.32 Å². The molecule has 0 bridgehead atoms. The minimum Gasteiger partial charge on any atom is -0.484 e. The SMILES string of the molecule is NC(=O)CCC(NC(=O)COc1ccc2c(c1)OC(=Cc1ccc3c(c1)OCO3)C2=O)C(=O)O. The number of allylic oxidation sites excluding steroid dienone is 1. The van der Waals surface area contributed by atoms with Crippen molar-refractivity contribution in [2.75, 3.05) is 13.4 Å². The molecule has 2 aliphatic rings. The van der Waals surface area contributed by atoms with Crippen LogP contribution in [-0.2, 0) is 14.4 Å². The Hall–Kier alpha value is -4.54. The number of hydrogen-bond acceptors (Lipinski definition) is 8. The van der Waals surface area contributed by atoms with Gasteiger partial charge in [0.1, 0.15) is 17.5 Å². The number of carboxylic acids is 1. The molecule has 2 heterocycles. The van der Waals surface area contributed by atoms with Gasteiger partial charge in [0.2, 0.25) is 18.5 Å². The summed E-state index contributed by atoms with van der Waals surface area (Å²) in [5.41, 5.74) is 6.04. The molecular weight excluding hydrogens is 448 g/mol. The normalized spacial score (nSPS) is 15.4. The molecule has 11 nitrogen and oxygen atoms in total. The van der Waals surface area contributed by atoms with Crippen molar-refractivity contribution in [2.24, 2.45) is 5.73 Å². The smallest absolute Gasteiger partial charge is 0.326 e. The van der Waals surface area contributed by atoms with E-state index in [2.05, 4.69) is 5.32 Å². The Bertz CT molecular complexity index is 1200. The minimum atomic E-state index is -1.29. The fourth-order valence-electron chi connectivity index (χ4n) is 3.34. The molecule has 2 aromatic carbocycles. The van der Waals surface area contributed by atoms with E-state index in [9.17, 15) is 19.2 Å². The van der Waals surface area contributed by atoms with Gasteiger partial charge in [-0.25, -0.2) is 4.79 Å². The largest absolute Gasteiger partial charge is 0.484 e. The zero-order valence-corrected chi connectivity index (χ0v) is 17.7. The third kappa shape index (κ3) is 5.09. The van der Waals surface area contributed by atoms with Crippen molar-refractivity contribution in [3.63, 3.8) is 0 Å². The topological polar surface area (TPSA) is 163 Å². The maximum Gasteiger partial charge on any atom is 0.326 e. The molecule has 0 saturated heterocycles. The number of carboxylic acid groups (broad SMARTS) is 1. The maximum atomic E-state index is 12.7. The van der Waals surface area contributed by atoms with Crippen LogP contribution < -0.4 is 30.0 Å². The molecule has 0 radical (unpaired) electrons. The van der Waals surface area contributed by atoms with Gasteiger partial charge in [0, 0.05) is 12.5 Å². The minimum absolute atomic E-state index is 0.113. The van der Waals surface area contributed by atoms with Crippen LogP contribution in [0.2, 0.25) is 0 Å². The predicted octanol–water partition coefficient (Wildman–Crippen LogP) is 1.25. The highest BCUT2D eigenvalue weighted by Gasteiger charge is 2.28. The number of ketones is 1. The van der Waals surface area contributed by atoms with Gasteiger partial charge in [-0.15, -0.1) is 0 Å². The molecule has 0 aromatic heterocycles. The van der Waals surface area contributed by atoms with Gasteiger partial charge in [-0.1, -0.05) is 6.07 Å². The average molecular weight is 468 g/mol. The number of carbonyl (C=O) groups is 4. The second-order valence-electron chi connectivity index (χ2n) is 7.46. The van der Waals surface area contributed by atoms with Crippen LogP contribution in [0.1, 0.15) is 28.8 Å². The Morgan fingerprint density at radius 1 is 1.12 bits per heavy atom. The molecule has 1 unspecified atom stereocenters. The molecule has 0 spiro atoms. The molecule has 1 atom stereocenters. The Morgan fingerprint density at radius 2 is 1.91 bits per heavy atom. The second kappa shape index (κ2) is 9.53. The molecule has 11 heteroatoms. The number of nitrogens with one attached hydrogen (secondary N) is 1. The van der Waals surface area contributed by atoms with Crippen LogP contribution in [0.25, 0.3) is 6.08 Å². The van der Waals surface area contributed by atoms with Gasteiger partial charge in [0.15, 0.2) is 23.9 Å². The van der Waals surface area contributed by atoms with Crippen molar-refractivity contribution < 1.29 is 43.2 Å². The molecular formula is C23H20N2O9. The predicted molar refractivity (Wildman–Crippen MR) is 115 cm³/mol. The van der Waals surface area contributed by atoms with Gasteiger partial charge in [0.05, 0.1) is 5.56 Å². The summed E-state index contributed by atoms with van der Waals surface area (Å²) in [6.07, 6.45) is 1.26. The molecule has 0 fully saturated rings. The summed E-state index contributed by atoms with van der Waals surface area (Å²) < 4.78 is 21.7. The van der Waals surface area contributed by atoms with Crippen LogP contribution in [0.4, 0.5) is 0 Å². The van der Waals surface area contributed by atoms with Gasteiger partial charge in [-0.3, -0.25) is 14.4 Å². The van der Waals surface area contributed by atoms with Crippen LogP contribution in [0, 0.1) is 0 Å². The lowest BCUT2D eigenvalue weighted by Crippen LogP contribution is -2.43. The Kier molecular flexibility index (Phi) is 6.35. The number of fused-ring (bicyclic) bond motifs is 2. The van der Waals surface area contributed by atoms with Crippen LogP contribution >= 0.6 is 0 Å².